The van der Waals surface area contributed by atoms with Gasteiger partial charge in [0.05, 0.1) is 5.69 Å². The molecular weight excluding hydrogens is 454 g/mol. The van der Waals surface area contributed by atoms with E-state index in [0.717, 1.165) is 18.2 Å². The molecule has 0 aliphatic carbocycles. The van der Waals surface area contributed by atoms with Gasteiger partial charge in [-0.05, 0) is 36.4 Å². The fraction of sp³-hybridized carbons (Fsp3) is 0.0526. The molecule has 0 aliphatic heterocycles. The molecule has 12 heteroatoms. The summed E-state index contributed by atoms with van der Waals surface area (Å²) in [6.07, 6.45) is 1.33. The predicted molar refractivity (Wildman–Crippen MR) is 113 cm³/mol. The van der Waals surface area contributed by atoms with E-state index < -0.39 is 33.3 Å². The first-order chi connectivity index (χ1) is 14.6. The zero-order valence-corrected chi connectivity index (χ0v) is 17.2. The minimum Gasteiger partial charge on any atom is -0.453 e. The van der Waals surface area contributed by atoms with E-state index in [2.05, 4.69) is 15.0 Å². The maximum Gasteiger partial charge on any atom is 0.241 e. The maximum absolute atomic E-state index is 14.4. The lowest BCUT2D eigenvalue weighted by atomic mass is 10.3. The number of pyridine rings is 1. The van der Waals surface area contributed by atoms with Crippen LogP contribution in [0.25, 0.3) is 0 Å². The summed E-state index contributed by atoms with van der Waals surface area (Å²) >= 11 is 5.94. The SMILES string of the molecule is Nc1nccc(Oc2ccc(NS(=O)(=O)CC(=O)Nc3ccc(F)cc3)cc2F)c1Cl. The van der Waals surface area contributed by atoms with E-state index >= 15 is 0 Å². The molecule has 1 amide bonds. The minimum atomic E-state index is -4.15. The van der Waals surface area contributed by atoms with Crippen LogP contribution in [0, 0.1) is 11.6 Å². The average Bonchev–Trinajstić information content (AvgIpc) is 2.68. The summed E-state index contributed by atoms with van der Waals surface area (Å²) in [5, 5.41) is 2.32. The van der Waals surface area contributed by atoms with Crippen LogP contribution in [0.2, 0.25) is 5.02 Å². The number of sulfonamides is 1. The van der Waals surface area contributed by atoms with Crippen molar-refractivity contribution in [3.63, 3.8) is 0 Å². The summed E-state index contributed by atoms with van der Waals surface area (Å²) < 4.78 is 59.1. The summed E-state index contributed by atoms with van der Waals surface area (Å²) in [7, 11) is -4.15. The molecule has 0 saturated heterocycles. The van der Waals surface area contributed by atoms with Crippen LogP contribution in [0.5, 0.6) is 11.5 Å². The standard InChI is InChI=1S/C19H15ClF2N4O4S/c20-18-16(7-8-24-19(18)23)30-15-6-5-13(9-14(15)22)26-31(28,29)10-17(27)25-12-3-1-11(21)2-4-12/h1-9,26H,10H2,(H2,23,24)(H,25,27). The smallest absolute Gasteiger partial charge is 0.241 e. The highest BCUT2D eigenvalue weighted by Gasteiger charge is 2.18. The van der Waals surface area contributed by atoms with E-state index in [1.165, 1.54) is 36.5 Å². The third kappa shape index (κ3) is 6.03. The number of benzene rings is 2. The van der Waals surface area contributed by atoms with Crippen molar-refractivity contribution in [3.8, 4) is 11.5 Å². The highest BCUT2D eigenvalue weighted by molar-refractivity contribution is 7.93. The lowest BCUT2D eigenvalue weighted by Crippen LogP contribution is -2.27. The maximum atomic E-state index is 14.4. The zero-order valence-electron chi connectivity index (χ0n) is 15.6. The highest BCUT2D eigenvalue weighted by atomic mass is 35.5. The van der Waals surface area contributed by atoms with Gasteiger partial charge in [-0.1, -0.05) is 11.6 Å². The summed E-state index contributed by atoms with van der Waals surface area (Å²) in [6, 6.07) is 9.47. The quantitative estimate of drug-likeness (QED) is 0.485. The fourth-order valence-corrected chi connectivity index (χ4v) is 3.53. The molecule has 4 N–H and O–H groups in total. The second-order valence-electron chi connectivity index (χ2n) is 6.17. The Labute approximate surface area is 181 Å². The molecule has 162 valence electrons. The third-order valence-electron chi connectivity index (χ3n) is 3.75. The van der Waals surface area contributed by atoms with Crippen LogP contribution in [0.1, 0.15) is 0 Å². The van der Waals surface area contributed by atoms with Crippen LogP contribution in [0.4, 0.5) is 26.0 Å². The monoisotopic (exact) mass is 468 g/mol. The van der Waals surface area contributed by atoms with Crippen molar-refractivity contribution in [2.75, 3.05) is 21.5 Å². The molecule has 0 spiro atoms. The number of nitrogens with one attached hydrogen (secondary N) is 2. The van der Waals surface area contributed by atoms with E-state index in [0.29, 0.717) is 0 Å². The second kappa shape index (κ2) is 9.14. The van der Waals surface area contributed by atoms with Crippen molar-refractivity contribution in [3.05, 3.63) is 71.4 Å². The van der Waals surface area contributed by atoms with Crippen LogP contribution < -0.4 is 20.5 Å². The number of nitrogens with zero attached hydrogens (tertiary/aromatic N) is 1. The van der Waals surface area contributed by atoms with E-state index in [-0.39, 0.29) is 33.7 Å². The normalized spacial score (nSPS) is 11.1. The van der Waals surface area contributed by atoms with Gasteiger partial charge in [0.25, 0.3) is 0 Å². The van der Waals surface area contributed by atoms with Crippen LogP contribution in [0.3, 0.4) is 0 Å². The van der Waals surface area contributed by atoms with Gasteiger partial charge in [-0.15, -0.1) is 0 Å². The lowest BCUT2D eigenvalue weighted by molar-refractivity contribution is -0.113. The van der Waals surface area contributed by atoms with Crippen molar-refractivity contribution in [2.45, 2.75) is 0 Å². The summed E-state index contributed by atoms with van der Waals surface area (Å²) in [5.41, 5.74) is 5.66. The number of hydrogen-bond acceptors (Lipinski definition) is 6. The predicted octanol–water partition coefficient (Wildman–Crippen LogP) is 3.77. The number of rotatable bonds is 7. The Balaban J connectivity index is 1.66. The number of carbonyl (C=O) groups excluding carboxylic acids is 1. The van der Waals surface area contributed by atoms with Gasteiger partial charge in [0.1, 0.15) is 22.4 Å². The van der Waals surface area contributed by atoms with Gasteiger partial charge in [-0.3, -0.25) is 9.52 Å². The molecule has 0 atom stereocenters. The van der Waals surface area contributed by atoms with Crippen LogP contribution in [-0.2, 0) is 14.8 Å². The zero-order chi connectivity index (χ0) is 22.6. The van der Waals surface area contributed by atoms with Crippen molar-refractivity contribution >= 4 is 44.7 Å². The van der Waals surface area contributed by atoms with Gasteiger partial charge in [0.2, 0.25) is 15.9 Å². The number of carbonyl (C=O) groups is 1. The molecule has 2 aromatic carbocycles. The van der Waals surface area contributed by atoms with Crippen LogP contribution in [-0.4, -0.2) is 25.1 Å². The van der Waals surface area contributed by atoms with Crippen molar-refractivity contribution < 1.29 is 26.7 Å². The fourth-order valence-electron chi connectivity index (χ4n) is 2.40. The number of nitrogen functional groups attached to an aromatic ring is 1. The Morgan fingerprint density at radius 3 is 2.42 bits per heavy atom. The highest BCUT2D eigenvalue weighted by Crippen LogP contribution is 2.34. The number of nitrogens with two attached hydrogens (primary N) is 1. The number of ether oxygens (including phenoxy) is 1. The molecule has 0 saturated carbocycles. The first kappa shape index (κ1) is 22.2. The molecule has 0 bridgehead atoms. The van der Waals surface area contributed by atoms with Gasteiger partial charge >= 0.3 is 0 Å². The number of hydrogen-bond donors (Lipinski definition) is 3. The van der Waals surface area contributed by atoms with Crippen LogP contribution >= 0.6 is 11.6 Å². The number of halogens is 3. The summed E-state index contributed by atoms with van der Waals surface area (Å²) in [6.45, 7) is 0. The largest absolute Gasteiger partial charge is 0.453 e. The molecule has 0 unspecified atom stereocenters. The molecule has 0 radical (unpaired) electrons. The van der Waals surface area contributed by atoms with Crippen molar-refractivity contribution in [1.29, 1.82) is 0 Å². The van der Waals surface area contributed by atoms with Crippen molar-refractivity contribution in [1.82, 2.24) is 4.98 Å². The Morgan fingerprint density at radius 1 is 1.06 bits per heavy atom. The van der Waals surface area contributed by atoms with Gasteiger partial charge in [0, 0.05) is 24.0 Å². The van der Waals surface area contributed by atoms with Gasteiger partial charge in [-0.25, -0.2) is 22.2 Å². The molecule has 1 heterocycles. The van der Waals surface area contributed by atoms with E-state index in [1.54, 1.807) is 0 Å². The summed E-state index contributed by atoms with van der Waals surface area (Å²) in [5.74, 6) is -3.34. The molecule has 31 heavy (non-hydrogen) atoms. The molecule has 8 nitrogen and oxygen atoms in total. The number of anilines is 3. The van der Waals surface area contributed by atoms with E-state index in [9.17, 15) is 22.0 Å². The molecule has 0 aliphatic rings. The Bertz CT molecular complexity index is 1220. The first-order valence-electron chi connectivity index (χ1n) is 8.56. The molecule has 0 fully saturated rings. The number of aromatic nitrogens is 1. The van der Waals surface area contributed by atoms with E-state index in [1.807, 2.05) is 0 Å². The Morgan fingerprint density at radius 2 is 1.74 bits per heavy atom. The first-order valence-corrected chi connectivity index (χ1v) is 10.6. The molecule has 1 aromatic heterocycles. The van der Waals surface area contributed by atoms with Gasteiger partial charge in [0.15, 0.2) is 17.3 Å². The second-order valence-corrected chi connectivity index (χ2v) is 8.27. The Hall–Kier alpha value is -3.44. The van der Waals surface area contributed by atoms with Crippen LogP contribution in [0.15, 0.2) is 54.7 Å². The Kier molecular flexibility index (Phi) is 6.56. The van der Waals surface area contributed by atoms with Gasteiger partial charge < -0.3 is 15.8 Å². The third-order valence-corrected chi connectivity index (χ3v) is 5.32. The average molecular weight is 469 g/mol. The van der Waals surface area contributed by atoms with E-state index in [4.69, 9.17) is 22.1 Å². The minimum absolute atomic E-state index is 0.00107. The molecular formula is C19H15ClF2N4O4S. The lowest BCUT2D eigenvalue weighted by Gasteiger charge is -2.12. The molecule has 3 aromatic rings. The molecule has 3 rings (SSSR count). The summed E-state index contributed by atoms with van der Waals surface area (Å²) in [4.78, 5) is 15.7. The van der Waals surface area contributed by atoms with Gasteiger partial charge in [-0.2, -0.15) is 0 Å². The van der Waals surface area contributed by atoms with Crippen molar-refractivity contribution in [2.24, 2.45) is 0 Å². The number of amides is 1. The topological polar surface area (TPSA) is 123 Å².